The first kappa shape index (κ1) is 13.8. The topological polar surface area (TPSA) is 45.1 Å². The molecule has 0 spiro atoms. The summed E-state index contributed by atoms with van der Waals surface area (Å²) < 4.78 is 37.4. The van der Waals surface area contributed by atoms with Crippen LogP contribution < -0.4 is 5.32 Å². The van der Waals surface area contributed by atoms with Crippen LogP contribution in [-0.4, -0.2) is 22.2 Å². The van der Waals surface area contributed by atoms with Gasteiger partial charge >= 0.3 is 6.18 Å². The first-order chi connectivity index (χ1) is 7.80. The summed E-state index contributed by atoms with van der Waals surface area (Å²) in [6, 6.07) is 1.84. The van der Waals surface area contributed by atoms with Crippen LogP contribution in [0.25, 0.3) is 0 Å². The average Bonchev–Trinajstić information content (AvgIpc) is 2.28. The molecule has 0 aromatic carbocycles. The van der Waals surface area contributed by atoms with E-state index in [2.05, 4.69) is 10.3 Å². The molecule has 0 saturated heterocycles. The summed E-state index contributed by atoms with van der Waals surface area (Å²) in [4.78, 5) is 3.81. The van der Waals surface area contributed by atoms with Crippen LogP contribution in [0.2, 0.25) is 0 Å². The van der Waals surface area contributed by atoms with E-state index in [1.165, 1.54) is 0 Å². The zero-order valence-corrected chi connectivity index (χ0v) is 9.67. The fourth-order valence-corrected chi connectivity index (χ4v) is 1.22. The standard InChI is InChI=1S/C11H15F3N2O/c1-3-10(2,7-17)16-9-6-8(4-5-15-9)11(12,13)14/h4-6,17H,3,7H2,1-2H3,(H,15,16). The molecule has 0 aliphatic rings. The van der Waals surface area contributed by atoms with Gasteiger partial charge in [-0.05, 0) is 25.5 Å². The Morgan fingerprint density at radius 2 is 2.06 bits per heavy atom. The van der Waals surface area contributed by atoms with Crippen molar-refractivity contribution in [1.29, 1.82) is 0 Å². The first-order valence-electron chi connectivity index (χ1n) is 5.23. The van der Waals surface area contributed by atoms with Gasteiger partial charge in [0.05, 0.1) is 17.7 Å². The molecule has 1 atom stereocenters. The molecule has 0 amide bonds. The van der Waals surface area contributed by atoms with Crippen molar-refractivity contribution < 1.29 is 18.3 Å². The molecule has 0 saturated carbocycles. The van der Waals surface area contributed by atoms with Crippen molar-refractivity contribution in [3.8, 4) is 0 Å². The molecule has 1 rings (SSSR count). The normalized spacial score (nSPS) is 15.4. The smallest absolute Gasteiger partial charge is 0.394 e. The minimum Gasteiger partial charge on any atom is -0.394 e. The second-order valence-corrected chi connectivity index (χ2v) is 4.12. The van der Waals surface area contributed by atoms with E-state index < -0.39 is 17.3 Å². The summed E-state index contributed by atoms with van der Waals surface area (Å²) in [7, 11) is 0. The lowest BCUT2D eigenvalue weighted by molar-refractivity contribution is -0.137. The van der Waals surface area contributed by atoms with E-state index in [1.54, 1.807) is 6.92 Å². The zero-order chi connectivity index (χ0) is 13.1. The van der Waals surface area contributed by atoms with E-state index in [0.717, 1.165) is 18.3 Å². The molecule has 1 unspecified atom stereocenters. The maximum absolute atomic E-state index is 12.5. The Balaban J connectivity index is 2.93. The molecule has 0 aliphatic carbocycles. The van der Waals surface area contributed by atoms with E-state index in [1.807, 2.05) is 6.92 Å². The first-order valence-corrected chi connectivity index (χ1v) is 5.23. The van der Waals surface area contributed by atoms with Crippen LogP contribution in [0.15, 0.2) is 18.3 Å². The second-order valence-electron chi connectivity index (χ2n) is 4.12. The summed E-state index contributed by atoms with van der Waals surface area (Å²) in [5.74, 6) is 0.109. The van der Waals surface area contributed by atoms with Gasteiger partial charge in [0.15, 0.2) is 0 Å². The fourth-order valence-electron chi connectivity index (χ4n) is 1.22. The van der Waals surface area contributed by atoms with E-state index in [-0.39, 0.29) is 12.4 Å². The Hall–Kier alpha value is -1.30. The highest BCUT2D eigenvalue weighted by Gasteiger charge is 2.31. The molecule has 6 heteroatoms. The second kappa shape index (κ2) is 4.91. The number of rotatable bonds is 4. The highest BCUT2D eigenvalue weighted by Crippen LogP contribution is 2.30. The highest BCUT2D eigenvalue weighted by atomic mass is 19.4. The summed E-state index contributed by atoms with van der Waals surface area (Å²) in [6.07, 6.45) is -2.72. The Morgan fingerprint density at radius 3 is 2.53 bits per heavy atom. The number of halogens is 3. The summed E-state index contributed by atoms with van der Waals surface area (Å²) in [6.45, 7) is 3.37. The van der Waals surface area contributed by atoms with Crippen molar-refractivity contribution in [2.24, 2.45) is 0 Å². The number of anilines is 1. The van der Waals surface area contributed by atoms with Crippen molar-refractivity contribution in [2.45, 2.75) is 32.0 Å². The molecule has 0 bridgehead atoms. The third-order valence-electron chi connectivity index (χ3n) is 2.65. The number of nitrogens with zero attached hydrogens (tertiary/aromatic N) is 1. The van der Waals surface area contributed by atoms with Gasteiger partial charge in [0.1, 0.15) is 5.82 Å². The van der Waals surface area contributed by atoms with Gasteiger partial charge in [-0.25, -0.2) is 4.98 Å². The molecule has 1 aromatic heterocycles. The molecular formula is C11H15F3N2O. The maximum atomic E-state index is 12.5. The molecule has 1 heterocycles. The number of aliphatic hydroxyl groups excluding tert-OH is 1. The van der Waals surface area contributed by atoms with Gasteiger partial charge in [0.2, 0.25) is 0 Å². The van der Waals surface area contributed by atoms with Crippen molar-refractivity contribution in [2.75, 3.05) is 11.9 Å². The third-order valence-corrected chi connectivity index (χ3v) is 2.65. The molecular weight excluding hydrogens is 233 g/mol. The number of aromatic nitrogens is 1. The van der Waals surface area contributed by atoms with Crippen LogP contribution in [0.1, 0.15) is 25.8 Å². The van der Waals surface area contributed by atoms with Crippen molar-refractivity contribution in [3.05, 3.63) is 23.9 Å². The van der Waals surface area contributed by atoms with Gasteiger partial charge in [-0.3, -0.25) is 0 Å². The fraction of sp³-hybridized carbons (Fsp3) is 0.545. The Bertz CT molecular complexity index is 375. The van der Waals surface area contributed by atoms with Gasteiger partial charge in [-0.15, -0.1) is 0 Å². The molecule has 0 aliphatic heterocycles. The van der Waals surface area contributed by atoms with Gasteiger partial charge in [0.25, 0.3) is 0 Å². The predicted octanol–water partition coefficient (Wildman–Crippen LogP) is 2.67. The molecule has 0 fully saturated rings. The third kappa shape index (κ3) is 3.59. The van der Waals surface area contributed by atoms with Crippen molar-refractivity contribution >= 4 is 5.82 Å². The van der Waals surface area contributed by atoms with Crippen LogP contribution in [-0.2, 0) is 6.18 Å². The van der Waals surface area contributed by atoms with Crippen molar-refractivity contribution in [3.63, 3.8) is 0 Å². The number of alkyl halides is 3. The summed E-state index contributed by atoms with van der Waals surface area (Å²) in [5.41, 5.74) is -1.43. The lowest BCUT2D eigenvalue weighted by atomic mass is 10.0. The van der Waals surface area contributed by atoms with E-state index in [4.69, 9.17) is 5.11 Å². The number of hydrogen-bond acceptors (Lipinski definition) is 3. The quantitative estimate of drug-likeness (QED) is 0.861. The predicted molar refractivity (Wildman–Crippen MR) is 58.6 cm³/mol. The van der Waals surface area contributed by atoms with Gasteiger partial charge in [0, 0.05) is 6.20 Å². The van der Waals surface area contributed by atoms with Crippen LogP contribution in [0.5, 0.6) is 0 Å². The average molecular weight is 248 g/mol. The SMILES string of the molecule is CCC(C)(CO)Nc1cc(C(F)(F)F)ccn1. The van der Waals surface area contributed by atoms with Crippen LogP contribution in [0.4, 0.5) is 19.0 Å². The minimum atomic E-state index is -4.39. The lowest BCUT2D eigenvalue weighted by Gasteiger charge is -2.28. The van der Waals surface area contributed by atoms with Gasteiger partial charge in [-0.2, -0.15) is 13.2 Å². The molecule has 0 radical (unpaired) electrons. The van der Waals surface area contributed by atoms with E-state index >= 15 is 0 Å². The van der Waals surface area contributed by atoms with E-state index in [9.17, 15) is 13.2 Å². The number of pyridine rings is 1. The summed E-state index contributed by atoms with van der Waals surface area (Å²) in [5, 5.41) is 12.0. The maximum Gasteiger partial charge on any atom is 0.416 e. The largest absolute Gasteiger partial charge is 0.416 e. The Morgan fingerprint density at radius 1 is 1.41 bits per heavy atom. The lowest BCUT2D eigenvalue weighted by Crippen LogP contribution is -2.38. The molecule has 3 nitrogen and oxygen atoms in total. The Kier molecular flexibility index (Phi) is 3.98. The monoisotopic (exact) mass is 248 g/mol. The van der Waals surface area contributed by atoms with Gasteiger partial charge < -0.3 is 10.4 Å². The molecule has 17 heavy (non-hydrogen) atoms. The van der Waals surface area contributed by atoms with Crippen LogP contribution in [0.3, 0.4) is 0 Å². The molecule has 2 N–H and O–H groups in total. The minimum absolute atomic E-state index is 0.109. The number of nitrogens with one attached hydrogen (secondary N) is 1. The zero-order valence-electron chi connectivity index (χ0n) is 9.67. The van der Waals surface area contributed by atoms with E-state index in [0.29, 0.717) is 6.42 Å². The number of hydrogen-bond donors (Lipinski definition) is 2. The molecule has 1 aromatic rings. The van der Waals surface area contributed by atoms with Crippen molar-refractivity contribution in [1.82, 2.24) is 4.98 Å². The van der Waals surface area contributed by atoms with Crippen LogP contribution in [0, 0.1) is 0 Å². The highest BCUT2D eigenvalue weighted by molar-refractivity contribution is 5.41. The van der Waals surface area contributed by atoms with Gasteiger partial charge in [-0.1, -0.05) is 6.92 Å². The number of aliphatic hydroxyl groups is 1. The Labute approximate surface area is 97.7 Å². The summed E-state index contributed by atoms with van der Waals surface area (Å²) >= 11 is 0. The van der Waals surface area contributed by atoms with Crippen LogP contribution >= 0.6 is 0 Å². The molecule has 96 valence electrons.